The first kappa shape index (κ1) is 8.74. The minimum Gasteiger partial charge on any atom is -0.427 e. The van der Waals surface area contributed by atoms with Gasteiger partial charge in [-0.3, -0.25) is 4.79 Å². The first-order valence-corrected chi connectivity index (χ1v) is 3.58. The van der Waals surface area contributed by atoms with Crippen molar-refractivity contribution in [2.24, 2.45) is 0 Å². The minimum absolute atomic E-state index is 0.250. The van der Waals surface area contributed by atoms with Crippen LogP contribution in [0.2, 0.25) is 0 Å². The average molecular weight is 165 g/mol. The third kappa shape index (κ3) is 2.36. The van der Waals surface area contributed by atoms with Crippen molar-refractivity contribution in [1.29, 1.82) is 0 Å². The van der Waals surface area contributed by atoms with E-state index in [-0.39, 0.29) is 12.6 Å². The smallest absolute Gasteiger partial charge is 0.308 e. The minimum atomic E-state index is -0.357. The van der Waals surface area contributed by atoms with Crippen LogP contribution in [0.25, 0.3) is 0 Å². The number of benzene rings is 1. The molecule has 1 aromatic rings. The summed E-state index contributed by atoms with van der Waals surface area (Å²) in [6, 6.07) is 6.50. The van der Waals surface area contributed by atoms with Gasteiger partial charge < -0.3 is 4.74 Å². The summed E-state index contributed by atoms with van der Waals surface area (Å²) in [5, 5.41) is 10.4. The number of ether oxygens (including phenoxy) is 1. The van der Waals surface area contributed by atoms with Crippen molar-refractivity contribution in [2.75, 3.05) is 0 Å². The van der Waals surface area contributed by atoms with Crippen molar-refractivity contribution in [3.63, 3.8) is 0 Å². The van der Waals surface area contributed by atoms with Gasteiger partial charge in [-0.05, 0) is 17.7 Å². The van der Waals surface area contributed by atoms with Gasteiger partial charge in [0.05, 0.1) is 0 Å². The summed E-state index contributed by atoms with van der Waals surface area (Å²) in [5.74, 6) is 0.115. The lowest BCUT2D eigenvalue weighted by atomic mass is 10.2. The summed E-state index contributed by atoms with van der Waals surface area (Å²) < 4.78 is 4.77. The fourth-order valence-electron chi connectivity index (χ4n) is 0.820. The van der Waals surface area contributed by atoms with Crippen LogP contribution in [0, 0.1) is 0 Å². The Morgan fingerprint density at radius 2 is 1.92 bits per heavy atom. The van der Waals surface area contributed by atoms with Gasteiger partial charge in [0.15, 0.2) is 0 Å². The molecular formula is C9H9O3. The molecule has 0 N–H and O–H groups in total. The molecule has 0 saturated carbocycles. The second-order valence-corrected chi connectivity index (χ2v) is 2.38. The van der Waals surface area contributed by atoms with E-state index in [1.165, 1.54) is 6.92 Å². The number of carbonyl (C=O) groups excluding carboxylic acids is 1. The predicted octanol–water partition coefficient (Wildman–Crippen LogP) is 1.54. The maximum atomic E-state index is 10.5. The van der Waals surface area contributed by atoms with E-state index in [0.717, 1.165) is 0 Å². The molecule has 0 unspecified atom stereocenters. The molecular weight excluding hydrogens is 156 g/mol. The second-order valence-electron chi connectivity index (χ2n) is 2.38. The van der Waals surface area contributed by atoms with Crippen molar-refractivity contribution in [3.05, 3.63) is 29.8 Å². The van der Waals surface area contributed by atoms with Gasteiger partial charge >= 0.3 is 5.97 Å². The van der Waals surface area contributed by atoms with Crippen LogP contribution in [0.5, 0.6) is 5.75 Å². The van der Waals surface area contributed by atoms with E-state index in [4.69, 9.17) is 4.74 Å². The van der Waals surface area contributed by atoms with Crippen LogP contribution < -0.4 is 4.74 Å². The maximum Gasteiger partial charge on any atom is 0.308 e. The lowest BCUT2D eigenvalue weighted by Crippen LogP contribution is -2.00. The van der Waals surface area contributed by atoms with Crippen LogP contribution in [0.1, 0.15) is 12.5 Å². The van der Waals surface area contributed by atoms with Crippen molar-refractivity contribution >= 4 is 5.97 Å². The molecule has 0 heterocycles. The van der Waals surface area contributed by atoms with Gasteiger partial charge in [-0.25, -0.2) is 5.11 Å². The molecule has 1 rings (SSSR count). The molecule has 0 spiro atoms. The summed E-state index contributed by atoms with van der Waals surface area (Å²) in [6.45, 7) is 1.09. The highest BCUT2D eigenvalue weighted by atomic mass is 16.5. The van der Waals surface area contributed by atoms with Gasteiger partial charge in [-0.15, -0.1) is 0 Å². The van der Waals surface area contributed by atoms with Crippen molar-refractivity contribution in [1.82, 2.24) is 0 Å². The number of hydrogen-bond acceptors (Lipinski definition) is 2. The van der Waals surface area contributed by atoms with E-state index in [1.54, 1.807) is 24.3 Å². The lowest BCUT2D eigenvalue weighted by molar-refractivity contribution is -0.131. The van der Waals surface area contributed by atoms with Crippen molar-refractivity contribution in [2.45, 2.75) is 13.5 Å². The molecule has 0 aliphatic rings. The van der Waals surface area contributed by atoms with Gasteiger partial charge in [0.2, 0.25) is 0 Å². The van der Waals surface area contributed by atoms with Crippen molar-refractivity contribution < 1.29 is 14.6 Å². The Balaban J connectivity index is 2.71. The van der Waals surface area contributed by atoms with Crippen LogP contribution in [0.3, 0.4) is 0 Å². The van der Waals surface area contributed by atoms with E-state index >= 15 is 0 Å². The van der Waals surface area contributed by atoms with Crippen LogP contribution in [0.15, 0.2) is 24.3 Å². The molecule has 0 amide bonds. The Morgan fingerprint density at radius 1 is 1.33 bits per heavy atom. The molecule has 0 aromatic heterocycles. The van der Waals surface area contributed by atoms with Gasteiger partial charge in [0.1, 0.15) is 12.4 Å². The highest BCUT2D eigenvalue weighted by Gasteiger charge is 1.97. The molecule has 0 bridgehead atoms. The highest BCUT2D eigenvalue weighted by Crippen LogP contribution is 2.11. The summed E-state index contributed by atoms with van der Waals surface area (Å²) in [5.41, 5.74) is 0.686. The Kier molecular flexibility index (Phi) is 2.82. The zero-order valence-corrected chi connectivity index (χ0v) is 6.74. The Labute approximate surface area is 70.6 Å². The van der Waals surface area contributed by atoms with Crippen LogP contribution in [0.4, 0.5) is 0 Å². The van der Waals surface area contributed by atoms with Gasteiger partial charge in [-0.2, -0.15) is 0 Å². The summed E-state index contributed by atoms with van der Waals surface area (Å²) >= 11 is 0. The first-order valence-electron chi connectivity index (χ1n) is 3.58. The van der Waals surface area contributed by atoms with Gasteiger partial charge in [-0.1, -0.05) is 12.1 Å². The SMILES string of the molecule is CC(=O)Oc1ccc(C[O])cc1. The molecule has 1 radical (unpaired) electrons. The Hall–Kier alpha value is -1.35. The standard InChI is InChI=1S/C9H9O3/c1-7(11)12-9-4-2-8(6-10)3-5-9/h2-5H,6H2,1H3. The molecule has 63 valence electrons. The lowest BCUT2D eigenvalue weighted by Gasteiger charge is -2.00. The Morgan fingerprint density at radius 3 is 2.33 bits per heavy atom. The third-order valence-electron chi connectivity index (χ3n) is 1.35. The zero-order chi connectivity index (χ0) is 8.97. The fourth-order valence-corrected chi connectivity index (χ4v) is 0.820. The van der Waals surface area contributed by atoms with Crippen LogP contribution in [-0.4, -0.2) is 5.97 Å². The van der Waals surface area contributed by atoms with E-state index in [1.807, 2.05) is 0 Å². The van der Waals surface area contributed by atoms with Crippen molar-refractivity contribution in [3.8, 4) is 5.75 Å². The van der Waals surface area contributed by atoms with Crippen LogP contribution in [-0.2, 0) is 16.5 Å². The summed E-state index contributed by atoms with van der Waals surface area (Å²) in [6.07, 6.45) is 0. The van der Waals surface area contributed by atoms with E-state index in [0.29, 0.717) is 11.3 Å². The number of carbonyl (C=O) groups is 1. The van der Waals surface area contributed by atoms with E-state index in [2.05, 4.69) is 0 Å². The number of rotatable bonds is 2. The van der Waals surface area contributed by atoms with Gasteiger partial charge in [0, 0.05) is 6.92 Å². The normalized spacial score (nSPS) is 9.50. The third-order valence-corrected chi connectivity index (χ3v) is 1.35. The fraction of sp³-hybridized carbons (Fsp3) is 0.222. The monoisotopic (exact) mass is 165 g/mol. The summed E-state index contributed by atoms with van der Waals surface area (Å²) in [7, 11) is 0. The molecule has 12 heavy (non-hydrogen) atoms. The van der Waals surface area contributed by atoms with Crippen LogP contribution >= 0.6 is 0 Å². The molecule has 1 aromatic carbocycles. The average Bonchev–Trinajstić information content (AvgIpc) is 2.05. The van der Waals surface area contributed by atoms with E-state index < -0.39 is 0 Å². The molecule has 3 heteroatoms. The predicted molar refractivity (Wildman–Crippen MR) is 42.1 cm³/mol. The summed E-state index contributed by atoms with van der Waals surface area (Å²) in [4.78, 5) is 10.5. The molecule has 0 fully saturated rings. The maximum absolute atomic E-state index is 10.5. The molecule has 0 aliphatic heterocycles. The molecule has 0 atom stereocenters. The molecule has 0 aliphatic carbocycles. The first-order chi connectivity index (χ1) is 5.72. The second kappa shape index (κ2) is 3.88. The molecule has 0 saturated heterocycles. The number of hydrogen-bond donors (Lipinski definition) is 0. The molecule has 3 nitrogen and oxygen atoms in total. The zero-order valence-electron chi connectivity index (χ0n) is 6.74. The topological polar surface area (TPSA) is 46.2 Å². The van der Waals surface area contributed by atoms with E-state index in [9.17, 15) is 9.90 Å². The van der Waals surface area contributed by atoms with Gasteiger partial charge in [0.25, 0.3) is 0 Å². The highest BCUT2D eigenvalue weighted by molar-refractivity contribution is 5.69. The number of esters is 1. The largest absolute Gasteiger partial charge is 0.427 e. The quantitative estimate of drug-likeness (QED) is 0.493. The Bertz CT molecular complexity index is 264.